The largest absolute Gasteiger partial charge is 0.506 e. The Morgan fingerprint density at radius 1 is 1.38 bits per heavy atom. The van der Waals surface area contributed by atoms with E-state index in [4.69, 9.17) is 5.11 Å². The molecule has 4 nitrogen and oxygen atoms in total. The summed E-state index contributed by atoms with van der Waals surface area (Å²) in [7, 11) is -3.80. The Balaban J connectivity index is 3.28. The van der Waals surface area contributed by atoms with Gasteiger partial charge in [0.25, 0.3) is 0 Å². The minimum Gasteiger partial charge on any atom is -0.506 e. The topological polar surface area (TPSA) is 74.6 Å². The van der Waals surface area contributed by atoms with E-state index in [0.717, 1.165) is 12.3 Å². The molecule has 0 heterocycles. The predicted molar refractivity (Wildman–Crippen MR) is 56.6 cm³/mol. The Kier molecular flexibility index (Phi) is 3.88. The first-order chi connectivity index (χ1) is 7.38. The number of aliphatic hydroxyl groups excluding tert-OH is 1. The number of rotatable bonds is 4. The van der Waals surface area contributed by atoms with E-state index >= 15 is 0 Å². The molecule has 0 radical (unpaired) electrons. The van der Waals surface area contributed by atoms with Crippen molar-refractivity contribution < 1.29 is 23.0 Å². The fourth-order valence-corrected chi connectivity index (χ4v) is 2.31. The van der Waals surface area contributed by atoms with Gasteiger partial charge in [0.15, 0.2) is 9.84 Å². The van der Waals surface area contributed by atoms with E-state index in [1.807, 2.05) is 0 Å². The van der Waals surface area contributed by atoms with E-state index in [1.165, 1.54) is 6.07 Å². The van der Waals surface area contributed by atoms with Crippen LogP contribution in [0.4, 0.5) is 4.39 Å². The Labute approximate surface area is 93.3 Å². The zero-order valence-electron chi connectivity index (χ0n) is 8.77. The van der Waals surface area contributed by atoms with Crippen LogP contribution in [0.25, 0.3) is 0 Å². The number of phenolic OH excluding ortho intramolecular Hbond substituents is 1. The van der Waals surface area contributed by atoms with Gasteiger partial charge in [-0.2, -0.15) is 0 Å². The summed E-state index contributed by atoms with van der Waals surface area (Å²) in [5, 5.41) is 17.9. The molecule has 0 saturated carbocycles. The molecule has 0 aromatic heterocycles. The van der Waals surface area contributed by atoms with Gasteiger partial charge in [-0.25, -0.2) is 12.8 Å². The van der Waals surface area contributed by atoms with Crippen molar-refractivity contribution >= 4 is 9.84 Å². The summed E-state index contributed by atoms with van der Waals surface area (Å²) in [4.78, 5) is -0.678. The molecule has 0 aliphatic heterocycles. The Hall–Kier alpha value is -1.14. The van der Waals surface area contributed by atoms with E-state index in [0.29, 0.717) is 6.42 Å². The van der Waals surface area contributed by atoms with Gasteiger partial charge in [0, 0.05) is 12.9 Å². The van der Waals surface area contributed by atoms with Gasteiger partial charge in [0.2, 0.25) is 0 Å². The lowest BCUT2D eigenvalue weighted by Gasteiger charge is -2.08. The Morgan fingerprint density at radius 2 is 2.00 bits per heavy atom. The molecule has 16 heavy (non-hydrogen) atoms. The molecule has 0 saturated heterocycles. The summed E-state index contributed by atoms with van der Waals surface area (Å²) >= 11 is 0. The van der Waals surface area contributed by atoms with Crippen LogP contribution in [-0.2, 0) is 16.3 Å². The molecule has 2 N–H and O–H groups in total. The third-order valence-corrected chi connectivity index (χ3v) is 3.26. The molecule has 0 aliphatic rings. The first kappa shape index (κ1) is 12.9. The molecule has 1 aromatic rings. The lowest BCUT2D eigenvalue weighted by Crippen LogP contribution is -2.05. The number of benzene rings is 1. The maximum absolute atomic E-state index is 13.7. The maximum atomic E-state index is 13.7. The lowest BCUT2D eigenvalue weighted by molar-refractivity contribution is 0.288. The van der Waals surface area contributed by atoms with Crippen LogP contribution in [-0.4, -0.2) is 31.5 Å². The van der Waals surface area contributed by atoms with Gasteiger partial charge >= 0.3 is 0 Å². The van der Waals surface area contributed by atoms with Crippen LogP contribution in [0.15, 0.2) is 17.0 Å². The highest BCUT2D eigenvalue weighted by molar-refractivity contribution is 7.90. The molecule has 0 amide bonds. The highest BCUT2D eigenvalue weighted by atomic mass is 32.2. The molecule has 6 heteroatoms. The highest BCUT2D eigenvalue weighted by Crippen LogP contribution is 2.28. The second kappa shape index (κ2) is 4.80. The monoisotopic (exact) mass is 248 g/mol. The minimum atomic E-state index is -3.80. The van der Waals surface area contributed by atoms with Gasteiger partial charge in [0.1, 0.15) is 16.5 Å². The fourth-order valence-electron chi connectivity index (χ4n) is 1.40. The third kappa shape index (κ3) is 2.70. The van der Waals surface area contributed by atoms with Crippen LogP contribution in [0.5, 0.6) is 5.75 Å². The van der Waals surface area contributed by atoms with Gasteiger partial charge in [0.05, 0.1) is 0 Å². The summed E-state index contributed by atoms with van der Waals surface area (Å²) in [6, 6.07) is 2.46. The normalized spacial score (nSPS) is 11.7. The first-order valence-corrected chi connectivity index (χ1v) is 6.58. The number of halogens is 1. The molecule has 0 fully saturated rings. The predicted octanol–water partition coefficient (Wildman–Crippen LogP) is 0.860. The van der Waals surface area contributed by atoms with Gasteiger partial charge in [-0.15, -0.1) is 0 Å². The van der Waals surface area contributed by atoms with Crippen molar-refractivity contribution in [2.75, 3.05) is 12.9 Å². The van der Waals surface area contributed by atoms with Gasteiger partial charge < -0.3 is 10.2 Å². The van der Waals surface area contributed by atoms with Gasteiger partial charge in [-0.1, -0.05) is 6.07 Å². The molecule has 0 atom stereocenters. The fraction of sp³-hybridized carbons (Fsp3) is 0.400. The molecular weight excluding hydrogens is 235 g/mol. The average Bonchev–Trinajstić information content (AvgIpc) is 2.14. The number of phenols is 1. The average molecular weight is 248 g/mol. The molecular formula is C10H13FO4S. The number of sulfone groups is 1. The van der Waals surface area contributed by atoms with Crippen LogP contribution in [0.3, 0.4) is 0 Å². The van der Waals surface area contributed by atoms with Crippen molar-refractivity contribution in [3.05, 3.63) is 23.5 Å². The van der Waals surface area contributed by atoms with E-state index < -0.39 is 26.3 Å². The summed E-state index contributed by atoms with van der Waals surface area (Å²) in [5.74, 6) is -1.52. The Bertz CT molecular complexity index is 482. The number of hydrogen-bond acceptors (Lipinski definition) is 4. The quantitative estimate of drug-likeness (QED) is 0.828. The summed E-state index contributed by atoms with van der Waals surface area (Å²) < 4.78 is 36.2. The van der Waals surface area contributed by atoms with E-state index in [9.17, 15) is 17.9 Å². The standard InChI is InChI=1S/C10H13FO4S/c1-16(14,15)10-8(13)5-4-7(9(10)11)3-2-6-12/h4-5,12-13H,2-3,6H2,1H3. The number of hydrogen-bond donors (Lipinski definition) is 2. The van der Waals surface area contributed by atoms with Crippen molar-refractivity contribution in [3.63, 3.8) is 0 Å². The van der Waals surface area contributed by atoms with Crippen LogP contribution in [0, 0.1) is 5.82 Å². The lowest BCUT2D eigenvalue weighted by atomic mass is 10.1. The van der Waals surface area contributed by atoms with Crippen molar-refractivity contribution in [2.24, 2.45) is 0 Å². The Morgan fingerprint density at radius 3 is 2.50 bits per heavy atom. The highest BCUT2D eigenvalue weighted by Gasteiger charge is 2.21. The van der Waals surface area contributed by atoms with Crippen LogP contribution >= 0.6 is 0 Å². The molecule has 0 spiro atoms. The van der Waals surface area contributed by atoms with Crippen molar-refractivity contribution in [1.82, 2.24) is 0 Å². The maximum Gasteiger partial charge on any atom is 0.182 e. The molecule has 0 bridgehead atoms. The zero-order chi connectivity index (χ0) is 12.3. The van der Waals surface area contributed by atoms with Gasteiger partial charge in [-0.05, 0) is 24.5 Å². The summed E-state index contributed by atoms with van der Waals surface area (Å²) in [5.41, 5.74) is 0.173. The van der Waals surface area contributed by atoms with E-state index in [-0.39, 0.29) is 18.6 Å². The zero-order valence-corrected chi connectivity index (χ0v) is 9.59. The van der Waals surface area contributed by atoms with E-state index in [2.05, 4.69) is 0 Å². The number of aromatic hydroxyl groups is 1. The summed E-state index contributed by atoms with van der Waals surface area (Å²) in [6.07, 6.45) is 1.40. The third-order valence-electron chi connectivity index (χ3n) is 2.13. The minimum absolute atomic E-state index is 0.103. The number of aliphatic hydroxyl groups is 1. The SMILES string of the molecule is CS(=O)(=O)c1c(O)ccc(CCCO)c1F. The van der Waals surface area contributed by atoms with Gasteiger partial charge in [-0.3, -0.25) is 0 Å². The van der Waals surface area contributed by atoms with Crippen molar-refractivity contribution in [3.8, 4) is 5.75 Å². The molecule has 1 rings (SSSR count). The van der Waals surface area contributed by atoms with Crippen LogP contribution in [0.1, 0.15) is 12.0 Å². The summed E-state index contributed by atoms with van der Waals surface area (Å²) in [6.45, 7) is -0.103. The number of aryl methyl sites for hydroxylation is 1. The smallest absolute Gasteiger partial charge is 0.182 e. The van der Waals surface area contributed by atoms with Crippen LogP contribution in [0.2, 0.25) is 0 Å². The molecule has 0 aliphatic carbocycles. The molecule has 1 aromatic carbocycles. The second-order valence-electron chi connectivity index (χ2n) is 3.49. The van der Waals surface area contributed by atoms with E-state index in [1.54, 1.807) is 0 Å². The van der Waals surface area contributed by atoms with Crippen molar-refractivity contribution in [2.45, 2.75) is 17.7 Å². The van der Waals surface area contributed by atoms with Crippen molar-refractivity contribution in [1.29, 1.82) is 0 Å². The molecule has 90 valence electrons. The molecule has 0 unspecified atom stereocenters. The van der Waals surface area contributed by atoms with Crippen LogP contribution < -0.4 is 0 Å². The second-order valence-corrected chi connectivity index (χ2v) is 5.44. The first-order valence-electron chi connectivity index (χ1n) is 4.69.